The van der Waals surface area contributed by atoms with Crippen molar-refractivity contribution in [1.29, 1.82) is 0 Å². The zero-order valence-electron chi connectivity index (χ0n) is 15.5. The molecule has 0 saturated heterocycles. The van der Waals surface area contributed by atoms with Gasteiger partial charge in [0.05, 0.1) is 11.7 Å². The van der Waals surface area contributed by atoms with Crippen molar-refractivity contribution in [2.45, 2.75) is 59.0 Å². The van der Waals surface area contributed by atoms with Crippen molar-refractivity contribution in [2.24, 2.45) is 0 Å². The second-order valence-electron chi connectivity index (χ2n) is 7.00. The maximum Gasteiger partial charge on any atom is 0.289 e. The summed E-state index contributed by atoms with van der Waals surface area (Å²) in [5, 5.41) is 13.8. The quantitative estimate of drug-likeness (QED) is 0.741. The lowest BCUT2D eigenvalue weighted by Crippen LogP contribution is -2.36. The van der Waals surface area contributed by atoms with Crippen LogP contribution in [0.3, 0.4) is 0 Å². The highest BCUT2D eigenvalue weighted by atomic mass is 35.5. The molecule has 0 spiro atoms. The van der Waals surface area contributed by atoms with Gasteiger partial charge in [-0.25, -0.2) is 4.68 Å². The summed E-state index contributed by atoms with van der Waals surface area (Å²) >= 11 is 6.14. The van der Waals surface area contributed by atoms with E-state index >= 15 is 0 Å². The molecule has 1 N–H and O–H groups in total. The molecule has 0 amide bonds. The minimum atomic E-state index is -0.804. The first-order valence-corrected chi connectivity index (χ1v) is 8.95. The summed E-state index contributed by atoms with van der Waals surface area (Å²) in [4.78, 5) is 12.3. The van der Waals surface area contributed by atoms with Gasteiger partial charge in [0, 0.05) is 6.42 Å². The number of hydrogen-bond donors (Lipinski definition) is 1. The fraction of sp³-hybridized carbons (Fsp3) is 0.474. The highest BCUT2D eigenvalue weighted by molar-refractivity contribution is 6.31. The summed E-state index contributed by atoms with van der Waals surface area (Å²) < 4.78 is 12.4. The molecular weight excluding hydrogens is 356 g/mol. The maximum atomic E-state index is 12.3. The van der Waals surface area contributed by atoms with Crippen molar-refractivity contribution in [3.63, 3.8) is 0 Å². The fourth-order valence-corrected chi connectivity index (χ4v) is 2.47. The average molecular weight is 381 g/mol. The zero-order chi connectivity index (χ0) is 19.3. The molecule has 6 nitrogen and oxygen atoms in total. The summed E-state index contributed by atoms with van der Waals surface area (Å²) in [6, 6.07) is 7.17. The van der Waals surface area contributed by atoms with Crippen molar-refractivity contribution in [3.8, 4) is 11.5 Å². The minimum Gasteiger partial charge on any atom is -0.485 e. The largest absolute Gasteiger partial charge is 0.485 e. The van der Waals surface area contributed by atoms with E-state index in [0.29, 0.717) is 12.2 Å². The predicted octanol–water partition coefficient (Wildman–Crippen LogP) is 3.73. The number of aliphatic hydroxyl groups excluding tert-OH is 1. The molecule has 0 bridgehead atoms. The molecule has 1 heterocycles. The van der Waals surface area contributed by atoms with Gasteiger partial charge in [0.2, 0.25) is 0 Å². The molecular formula is C19H25ClN2O4. The number of aliphatic hydroxyl groups is 1. The number of ether oxygens (including phenoxy) is 2. The van der Waals surface area contributed by atoms with Gasteiger partial charge in [0.1, 0.15) is 12.4 Å². The lowest BCUT2D eigenvalue weighted by atomic mass is 10.1. The highest BCUT2D eigenvalue weighted by Gasteiger charge is 2.20. The molecule has 0 aliphatic heterocycles. The van der Waals surface area contributed by atoms with Crippen LogP contribution in [0, 0.1) is 0 Å². The van der Waals surface area contributed by atoms with Gasteiger partial charge in [-0.2, -0.15) is 5.10 Å². The zero-order valence-corrected chi connectivity index (χ0v) is 16.3. The standard InChI is InChI=1S/C19H25ClN2O4/c1-5-6-16(23)26-14-9-7-13(8-10-14)12-25-15-11-21-22(19(2,3)4)18(24)17(15)20/h7-11,16,23H,5-6,12H2,1-4H3. The summed E-state index contributed by atoms with van der Waals surface area (Å²) in [6.45, 7) is 7.84. The molecule has 0 aliphatic carbocycles. The molecule has 1 unspecified atom stereocenters. The monoisotopic (exact) mass is 380 g/mol. The Morgan fingerprint density at radius 2 is 1.92 bits per heavy atom. The van der Waals surface area contributed by atoms with Crippen molar-refractivity contribution in [2.75, 3.05) is 0 Å². The number of halogens is 1. The summed E-state index contributed by atoms with van der Waals surface area (Å²) in [7, 11) is 0. The molecule has 0 fully saturated rings. The van der Waals surface area contributed by atoms with Gasteiger partial charge in [-0.15, -0.1) is 0 Å². The van der Waals surface area contributed by atoms with Crippen molar-refractivity contribution in [3.05, 3.63) is 51.4 Å². The Morgan fingerprint density at radius 3 is 2.50 bits per heavy atom. The van der Waals surface area contributed by atoms with Crippen LogP contribution in [0.15, 0.2) is 35.3 Å². The third-order valence-electron chi connectivity index (χ3n) is 3.65. The van der Waals surface area contributed by atoms with Crippen LogP contribution in [-0.2, 0) is 12.1 Å². The Balaban J connectivity index is 2.03. The Bertz CT molecular complexity index is 782. The second kappa shape index (κ2) is 8.56. The second-order valence-corrected chi connectivity index (χ2v) is 7.38. The Hall–Kier alpha value is -2.05. The van der Waals surface area contributed by atoms with Gasteiger partial charge >= 0.3 is 0 Å². The molecule has 142 valence electrons. The first kappa shape index (κ1) is 20.3. The SMILES string of the molecule is CCCC(O)Oc1ccc(COc2cnn(C(C)(C)C)c(=O)c2Cl)cc1. The fourth-order valence-electron chi connectivity index (χ4n) is 2.28. The summed E-state index contributed by atoms with van der Waals surface area (Å²) in [5.74, 6) is 0.832. The number of hydrogen-bond acceptors (Lipinski definition) is 5. The van der Waals surface area contributed by atoms with Crippen LogP contribution in [-0.4, -0.2) is 21.2 Å². The van der Waals surface area contributed by atoms with Gasteiger partial charge in [-0.1, -0.05) is 37.1 Å². The lowest BCUT2D eigenvalue weighted by molar-refractivity contribution is -0.0233. The van der Waals surface area contributed by atoms with Crippen molar-refractivity contribution >= 4 is 11.6 Å². The van der Waals surface area contributed by atoms with Gasteiger partial charge in [0.25, 0.3) is 5.56 Å². The Labute approximate surface area is 158 Å². The smallest absolute Gasteiger partial charge is 0.289 e. The van der Waals surface area contributed by atoms with Gasteiger partial charge in [-0.3, -0.25) is 4.79 Å². The Morgan fingerprint density at radius 1 is 1.27 bits per heavy atom. The molecule has 1 aromatic heterocycles. The Kier molecular flexibility index (Phi) is 6.67. The van der Waals surface area contributed by atoms with Crippen LogP contribution in [0.25, 0.3) is 0 Å². The first-order valence-electron chi connectivity index (χ1n) is 8.57. The van der Waals surface area contributed by atoms with Gasteiger partial charge in [0.15, 0.2) is 17.1 Å². The topological polar surface area (TPSA) is 73.6 Å². The van der Waals surface area contributed by atoms with E-state index in [-0.39, 0.29) is 22.9 Å². The third-order valence-corrected chi connectivity index (χ3v) is 4.00. The maximum absolute atomic E-state index is 12.3. The molecule has 0 aliphatic rings. The number of nitrogens with zero attached hydrogens (tertiary/aromatic N) is 2. The minimum absolute atomic E-state index is 0.0116. The average Bonchev–Trinajstić information content (AvgIpc) is 2.56. The number of benzene rings is 1. The molecule has 2 aromatic rings. The van der Waals surface area contributed by atoms with E-state index in [2.05, 4.69) is 5.10 Å². The molecule has 0 radical (unpaired) electrons. The predicted molar refractivity (Wildman–Crippen MR) is 101 cm³/mol. The van der Waals surface area contributed by atoms with Crippen LogP contribution in [0.1, 0.15) is 46.1 Å². The number of aromatic nitrogens is 2. The van der Waals surface area contributed by atoms with E-state index in [1.165, 1.54) is 10.9 Å². The van der Waals surface area contributed by atoms with E-state index in [0.717, 1.165) is 12.0 Å². The molecule has 0 saturated carbocycles. The lowest BCUT2D eigenvalue weighted by Gasteiger charge is -2.21. The van der Waals surface area contributed by atoms with E-state index in [1.54, 1.807) is 12.1 Å². The van der Waals surface area contributed by atoms with Crippen LogP contribution in [0.5, 0.6) is 11.5 Å². The molecule has 2 rings (SSSR count). The van der Waals surface area contributed by atoms with Crippen LogP contribution in [0.4, 0.5) is 0 Å². The summed E-state index contributed by atoms with van der Waals surface area (Å²) in [6.07, 6.45) is 2.07. The molecule has 26 heavy (non-hydrogen) atoms. The van der Waals surface area contributed by atoms with Crippen molar-refractivity contribution < 1.29 is 14.6 Å². The van der Waals surface area contributed by atoms with E-state index in [4.69, 9.17) is 21.1 Å². The van der Waals surface area contributed by atoms with Gasteiger partial charge in [-0.05, 0) is 38.5 Å². The van der Waals surface area contributed by atoms with Crippen LogP contribution in [0.2, 0.25) is 5.02 Å². The van der Waals surface area contributed by atoms with Crippen LogP contribution >= 0.6 is 11.6 Å². The van der Waals surface area contributed by atoms with Crippen LogP contribution < -0.4 is 15.0 Å². The number of rotatable bonds is 7. The first-order chi connectivity index (χ1) is 12.2. The van der Waals surface area contributed by atoms with Crippen molar-refractivity contribution in [1.82, 2.24) is 9.78 Å². The van der Waals surface area contributed by atoms with E-state index in [9.17, 15) is 9.90 Å². The highest BCUT2D eigenvalue weighted by Crippen LogP contribution is 2.22. The van der Waals surface area contributed by atoms with E-state index in [1.807, 2.05) is 39.8 Å². The molecule has 1 atom stereocenters. The third kappa shape index (κ3) is 5.22. The van der Waals surface area contributed by atoms with E-state index < -0.39 is 11.8 Å². The normalized spacial score (nSPS) is 12.7. The molecule has 7 heteroatoms. The molecule has 1 aromatic carbocycles. The summed E-state index contributed by atoms with van der Waals surface area (Å²) in [5.41, 5.74) is 0.0287. The van der Waals surface area contributed by atoms with Gasteiger partial charge < -0.3 is 14.6 Å².